The molecule has 214 valence electrons. The minimum absolute atomic E-state index is 0.0373. The number of hydrogen-bond acceptors (Lipinski definition) is 8. The molecule has 1 aromatic heterocycles. The number of benzene rings is 1. The molecule has 1 aromatic carbocycles. The average molecular weight is 553 g/mol. The van der Waals surface area contributed by atoms with Crippen LogP contribution in [-0.2, 0) is 43.5 Å². The summed E-state index contributed by atoms with van der Waals surface area (Å²) in [4.78, 5) is 72.4. The molecule has 12 nitrogen and oxygen atoms in total. The highest BCUT2D eigenvalue weighted by atomic mass is 16.5. The van der Waals surface area contributed by atoms with Crippen molar-refractivity contribution in [1.82, 2.24) is 31.2 Å². The number of amides is 4. The number of ether oxygens (including phenoxy) is 1. The van der Waals surface area contributed by atoms with Crippen molar-refractivity contribution in [3.8, 4) is 0 Å². The summed E-state index contributed by atoms with van der Waals surface area (Å²) < 4.78 is 5.24. The molecule has 0 spiro atoms. The van der Waals surface area contributed by atoms with E-state index in [1.807, 2.05) is 30.3 Å². The second-order valence-corrected chi connectivity index (χ2v) is 10.3. The molecular formula is C28H36N6O6. The zero-order valence-electron chi connectivity index (χ0n) is 23.1. The number of ketones is 1. The van der Waals surface area contributed by atoms with Crippen LogP contribution in [0.1, 0.15) is 50.9 Å². The lowest BCUT2D eigenvalue weighted by Crippen LogP contribution is -2.59. The standard InChI is InChI=1S/C28H36N6O6/c1-16(2)22(33-26(37)23(17(3)4)34-28(39)40-14-18-8-6-5-7-9-18)25(36)32-21-11-10-20-19(12-29-15-31-20)13-30-27(38)24(21)35/h5-9,12,15-17,21-23H,10-11,13-14H2,1-4H3,(H,30,38)(H,32,36)(H,33,37)(H,34,39). The summed E-state index contributed by atoms with van der Waals surface area (Å²) in [6.07, 6.45) is 2.67. The van der Waals surface area contributed by atoms with Gasteiger partial charge < -0.3 is 26.0 Å². The number of aryl methyl sites for hydroxylation is 1. The van der Waals surface area contributed by atoms with Gasteiger partial charge in [0.15, 0.2) is 0 Å². The van der Waals surface area contributed by atoms with Crippen LogP contribution >= 0.6 is 0 Å². The van der Waals surface area contributed by atoms with Crippen LogP contribution in [0.25, 0.3) is 0 Å². The van der Waals surface area contributed by atoms with E-state index in [4.69, 9.17) is 4.74 Å². The number of rotatable bonds is 9. The maximum absolute atomic E-state index is 13.3. The zero-order chi connectivity index (χ0) is 29.2. The molecular weight excluding hydrogens is 516 g/mol. The maximum atomic E-state index is 13.3. The Labute approximate surface area is 233 Å². The highest BCUT2D eigenvalue weighted by molar-refractivity contribution is 6.38. The molecule has 2 heterocycles. The van der Waals surface area contributed by atoms with Crippen LogP contribution in [0, 0.1) is 11.8 Å². The van der Waals surface area contributed by atoms with E-state index in [1.54, 1.807) is 33.9 Å². The smallest absolute Gasteiger partial charge is 0.408 e. The Kier molecular flexibility index (Phi) is 10.7. The fourth-order valence-electron chi connectivity index (χ4n) is 4.19. The van der Waals surface area contributed by atoms with Crippen LogP contribution < -0.4 is 21.3 Å². The Balaban J connectivity index is 1.65. The fourth-order valence-corrected chi connectivity index (χ4v) is 4.19. The minimum atomic E-state index is -1.11. The van der Waals surface area contributed by atoms with Crippen LogP contribution in [0.4, 0.5) is 4.79 Å². The number of nitrogens with one attached hydrogen (secondary N) is 4. The molecule has 0 saturated carbocycles. The molecule has 0 aliphatic carbocycles. The predicted molar refractivity (Wildman–Crippen MR) is 144 cm³/mol. The maximum Gasteiger partial charge on any atom is 0.408 e. The third-order valence-electron chi connectivity index (χ3n) is 6.53. The lowest BCUT2D eigenvalue weighted by atomic mass is 9.98. The summed E-state index contributed by atoms with van der Waals surface area (Å²) >= 11 is 0. The third-order valence-corrected chi connectivity index (χ3v) is 6.53. The van der Waals surface area contributed by atoms with Crippen molar-refractivity contribution >= 4 is 29.6 Å². The average Bonchev–Trinajstić information content (AvgIpc) is 2.99. The highest BCUT2D eigenvalue weighted by Crippen LogP contribution is 2.13. The summed E-state index contributed by atoms with van der Waals surface area (Å²) in [6, 6.07) is 5.99. The van der Waals surface area contributed by atoms with Gasteiger partial charge in [-0.15, -0.1) is 0 Å². The van der Waals surface area contributed by atoms with E-state index in [2.05, 4.69) is 31.2 Å². The van der Waals surface area contributed by atoms with E-state index in [0.29, 0.717) is 17.7 Å². The Morgan fingerprint density at radius 1 is 1.00 bits per heavy atom. The molecule has 3 unspecified atom stereocenters. The van der Waals surface area contributed by atoms with Crippen molar-refractivity contribution in [3.63, 3.8) is 0 Å². The molecule has 1 aliphatic heterocycles. The Bertz CT molecular complexity index is 1220. The number of hydrogen-bond donors (Lipinski definition) is 4. The first-order valence-corrected chi connectivity index (χ1v) is 13.2. The zero-order valence-corrected chi connectivity index (χ0v) is 23.1. The van der Waals surface area contributed by atoms with Gasteiger partial charge in [0.2, 0.25) is 17.6 Å². The Morgan fingerprint density at radius 2 is 1.68 bits per heavy atom. The molecule has 0 saturated heterocycles. The number of carbonyl (C=O) groups excluding carboxylic acids is 5. The van der Waals surface area contributed by atoms with Gasteiger partial charge in [-0.1, -0.05) is 58.0 Å². The molecule has 1 aliphatic rings. The molecule has 4 N–H and O–H groups in total. The van der Waals surface area contributed by atoms with Gasteiger partial charge in [-0.25, -0.2) is 14.8 Å². The largest absolute Gasteiger partial charge is 0.445 e. The van der Waals surface area contributed by atoms with Gasteiger partial charge >= 0.3 is 6.09 Å². The number of carbonyl (C=O) groups is 5. The van der Waals surface area contributed by atoms with Gasteiger partial charge in [-0.3, -0.25) is 19.2 Å². The first-order chi connectivity index (χ1) is 19.1. The first kappa shape index (κ1) is 30.2. The van der Waals surface area contributed by atoms with Crippen molar-refractivity contribution in [2.24, 2.45) is 11.8 Å². The van der Waals surface area contributed by atoms with Crippen molar-refractivity contribution in [2.75, 3.05) is 0 Å². The number of alkyl carbamates (subject to hydrolysis) is 1. The molecule has 40 heavy (non-hydrogen) atoms. The van der Waals surface area contributed by atoms with Crippen molar-refractivity contribution < 1.29 is 28.7 Å². The molecule has 0 fully saturated rings. The summed E-state index contributed by atoms with van der Waals surface area (Å²) in [6.45, 7) is 7.12. The van der Waals surface area contributed by atoms with Gasteiger partial charge in [-0.05, 0) is 30.2 Å². The quantitative estimate of drug-likeness (QED) is 0.336. The summed E-state index contributed by atoms with van der Waals surface area (Å²) in [5.41, 5.74) is 2.16. The van der Waals surface area contributed by atoms with Gasteiger partial charge in [0.1, 0.15) is 25.0 Å². The molecule has 3 atom stereocenters. The summed E-state index contributed by atoms with van der Waals surface area (Å²) in [5.74, 6) is -3.50. The second kappa shape index (κ2) is 14.2. The highest BCUT2D eigenvalue weighted by Gasteiger charge is 2.34. The van der Waals surface area contributed by atoms with Gasteiger partial charge in [0.05, 0.1) is 6.04 Å². The molecule has 0 bridgehead atoms. The lowest BCUT2D eigenvalue weighted by Gasteiger charge is -2.28. The number of nitrogens with zero attached hydrogens (tertiary/aromatic N) is 2. The number of fused-ring (bicyclic) bond motifs is 1. The monoisotopic (exact) mass is 552 g/mol. The minimum Gasteiger partial charge on any atom is -0.445 e. The molecule has 4 amide bonds. The lowest BCUT2D eigenvalue weighted by molar-refractivity contribution is -0.140. The predicted octanol–water partition coefficient (Wildman–Crippen LogP) is 1.18. The SMILES string of the molecule is CC(C)C(NC(=O)OCc1ccccc1)C(=O)NC(C(=O)NC1CCc2ncncc2CNC(=O)C1=O)C(C)C. The van der Waals surface area contributed by atoms with E-state index in [1.165, 1.54) is 6.33 Å². The van der Waals surface area contributed by atoms with Crippen LogP contribution in [0.15, 0.2) is 42.9 Å². The molecule has 0 radical (unpaired) electrons. The van der Waals surface area contributed by atoms with Gasteiger partial charge in [0, 0.05) is 24.0 Å². The van der Waals surface area contributed by atoms with Gasteiger partial charge in [-0.2, -0.15) is 0 Å². The first-order valence-electron chi connectivity index (χ1n) is 13.2. The molecule has 3 rings (SSSR count). The Morgan fingerprint density at radius 3 is 2.35 bits per heavy atom. The van der Waals surface area contributed by atoms with E-state index in [0.717, 1.165) is 5.56 Å². The molecule has 12 heteroatoms. The van der Waals surface area contributed by atoms with Crippen LogP contribution in [-0.4, -0.2) is 57.7 Å². The van der Waals surface area contributed by atoms with E-state index >= 15 is 0 Å². The van der Waals surface area contributed by atoms with E-state index < -0.39 is 47.7 Å². The Hall–Kier alpha value is -4.35. The summed E-state index contributed by atoms with van der Waals surface area (Å²) in [5, 5.41) is 10.4. The normalized spacial score (nSPS) is 16.9. The van der Waals surface area contributed by atoms with E-state index in [9.17, 15) is 24.0 Å². The third kappa shape index (κ3) is 8.32. The van der Waals surface area contributed by atoms with Crippen molar-refractivity contribution in [2.45, 2.75) is 71.8 Å². The van der Waals surface area contributed by atoms with E-state index in [-0.39, 0.29) is 31.4 Å². The topological polar surface area (TPSA) is 168 Å². The van der Waals surface area contributed by atoms with Crippen LogP contribution in [0.5, 0.6) is 0 Å². The fraction of sp³-hybridized carbons (Fsp3) is 0.464. The molecule has 2 aromatic rings. The van der Waals surface area contributed by atoms with Crippen LogP contribution in [0.2, 0.25) is 0 Å². The van der Waals surface area contributed by atoms with Gasteiger partial charge in [0.25, 0.3) is 5.91 Å². The number of Topliss-reactive ketones (excluding diaryl/α,β-unsaturated/α-hetero) is 1. The van der Waals surface area contributed by atoms with Crippen molar-refractivity contribution in [1.29, 1.82) is 0 Å². The number of aromatic nitrogens is 2. The van der Waals surface area contributed by atoms with Crippen molar-refractivity contribution in [3.05, 3.63) is 59.7 Å². The summed E-state index contributed by atoms with van der Waals surface area (Å²) in [7, 11) is 0. The second-order valence-electron chi connectivity index (χ2n) is 10.3. The van der Waals surface area contributed by atoms with Crippen LogP contribution in [0.3, 0.4) is 0 Å².